The quantitative estimate of drug-likeness (QED) is 0.705. The van der Waals surface area contributed by atoms with Gasteiger partial charge in [-0.05, 0) is 38.6 Å². The van der Waals surface area contributed by atoms with Gasteiger partial charge in [-0.2, -0.15) is 9.61 Å². The van der Waals surface area contributed by atoms with Crippen LogP contribution in [0.1, 0.15) is 11.4 Å². The molecule has 1 aliphatic rings. The number of halogens is 1. The van der Waals surface area contributed by atoms with Crippen molar-refractivity contribution >= 4 is 23.1 Å². The highest BCUT2D eigenvalue weighted by molar-refractivity contribution is 6.30. The van der Waals surface area contributed by atoms with Gasteiger partial charge in [0.25, 0.3) is 0 Å². The molecule has 4 rings (SSSR count). The fourth-order valence-electron chi connectivity index (χ4n) is 3.44. The van der Waals surface area contributed by atoms with Crippen molar-refractivity contribution in [2.75, 3.05) is 38.1 Å². The second kappa shape index (κ2) is 6.32. The Bertz CT molecular complexity index is 908. The zero-order chi connectivity index (χ0) is 17.6. The van der Waals surface area contributed by atoms with E-state index in [4.69, 9.17) is 21.7 Å². The van der Waals surface area contributed by atoms with E-state index < -0.39 is 0 Å². The minimum Gasteiger partial charge on any atom is -0.354 e. The number of anilines is 1. The topological polar surface area (TPSA) is 36.7 Å². The Labute approximate surface area is 152 Å². The van der Waals surface area contributed by atoms with Crippen molar-refractivity contribution in [1.82, 2.24) is 19.5 Å². The minimum atomic E-state index is 0.736. The van der Waals surface area contributed by atoms with Crippen LogP contribution in [0.25, 0.3) is 16.8 Å². The van der Waals surface area contributed by atoms with Crippen molar-refractivity contribution in [2.45, 2.75) is 13.8 Å². The van der Waals surface area contributed by atoms with Gasteiger partial charge in [-0.15, -0.1) is 0 Å². The van der Waals surface area contributed by atoms with Crippen LogP contribution in [0.15, 0.2) is 30.3 Å². The lowest BCUT2D eigenvalue weighted by Crippen LogP contribution is -2.45. The highest BCUT2D eigenvalue weighted by atomic mass is 35.5. The molecule has 2 aromatic heterocycles. The summed E-state index contributed by atoms with van der Waals surface area (Å²) in [6, 6.07) is 10.0. The number of hydrogen-bond donors (Lipinski definition) is 0. The zero-order valence-corrected chi connectivity index (χ0v) is 15.6. The first-order chi connectivity index (χ1) is 12.0. The summed E-state index contributed by atoms with van der Waals surface area (Å²) in [4.78, 5) is 9.55. The van der Waals surface area contributed by atoms with E-state index in [0.717, 1.165) is 65.2 Å². The number of aryl methyl sites for hydroxylation is 2. The highest BCUT2D eigenvalue weighted by Gasteiger charge is 2.21. The molecule has 0 atom stereocenters. The molecule has 3 aromatic rings. The third-order valence-electron chi connectivity index (χ3n) is 4.83. The van der Waals surface area contributed by atoms with Crippen LogP contribution in [0.3, 0.4) is 0 Å². The Balaban J connectivity index is 1.87. The molecule has 25 heavy (non-hydrogen) atoms. The van der Waals surface area contributed by atoms with Gasteiger partial charge in [0, 0.05) is 48.5 Å². The standard InChI is InChI=1S/C19H22ClN5/c1-13-12-17(24-10-8-23(3)9-11-24)25-19(21-13)18(14(2)22-25)15-4-6-16(20)7-5-15/h4-7,12H,8-11H2,1-3H3. The summed E-state index contributed by atoms with van der Waals surface area (Å²) in [7, 11) is 2.17. The number of piperazine rings is 1. The first-order valence-corrected chi connectivity index (χ1v) is 8.97. The normalized spacial score (nSPS) is 15.9. The summed E-state index contributed by atoms with van der Waals surface area (Å²) in [6.07, 6.45) is 0. The molecule has 3 heterocycles. The molecule has 0 spiro atoms. The number of likely N-dealkylation sites (N-methyl/N-ethyl adjacent to an activating group) is 1. The van der Waals surface area contributed by atoms with E-state index in [-0.39, 0.29) is 0 Å². The molecule has 0 N–H and O–H groups in total. The van der Waals surface area contributed by atoms with Crippen LogP contribution in [-0.4, -0.2) is 52.7 Å². The molecule has 0 radical (unpaired) electrons. The first-order valence-electron chi connectivity index (χ1n) is 8.59. The molecule has 6 heteroatoms. The van der Waals surface area contributed by atoms with Crippen LogP contribution >= 0.6 is 11.6 Å². The summed E-state index contributed by atoms with van der Waals surface area (Å²) < 4.78 is 2.00. The summed E-state index contributed by atoms with van der Waals surface area (Å²) in [6.45, 7) is 8.23. The van der Waals surface area contributed by atoms with Crippen molar-refractivity contribution < 1.29 is 0 Å². The van der Waals surface area contributed by atoms with Crippen molar-refractivity contribution in [3.05, 3.63) is 46.7 Å². The number of hydrogen-bond acceptors (Lipinski definition) is 4. The van der Waals surface area contributed by atoms with Gasteiger partial charge in [-0.1, -0.05) is 23.7 Å². The lowest BCUT2D eigenvalue weighted by atomic mass is 10.1. The number of aromatic nitrogens is 3. The Morgan fingerprint density at radius 1 is 1.00 bits per heavy atom. The Hall–Kier alpha value is -2.11. The number of benzene rings is 1. The Morgan fingerprint density at radius 3 is 2.36 bits per heavy atom. The number of rotatable bonds is 2. The average Bonchev–Trinajstić information content (AvgIpc) is 2.92. The van der Waals surface area contributed by atoms with Gasteiger partial charge in [0.05, 0.1) is 5.69 Å². The van der Waals surface area contributed by atoms with Crippen molar-refractivity contribution in [1.29, 1.82) is 0 Å². The van der Waals surface area contributed by atoms with E-state index in [1.807, 2.05) is 42.6 Å². The van der Waals surface area contributed by atoms with Crippen molar-refractivity contribution in [3.63, 3.8) is 0 Å². The average molecular weight is 356 g/mol. The molecule has 0 bridgehead atoms. The maximum Gasteiger partial charge on any atom is 0.165 e. The van der Waals surface area contributed by atoms with Gasteiger partial charge < -0.3 is 9.80 Å². The van der Waals surface area contributed by atoms with Crippen LogP contribution in [-0.2, 0) is 0 Å². The predicted octanol–water partition coefficient (Wildman–Crippen LogP) is 3.42. The largest absolute Gasteiger partial charge is 0.354 e. The molecule has 0 saturated carbocycles. The van der Waals surface area contributed by atoms with Crippen LogP contribution in [0, 0.1) is 13.8 Å². The molecule has 0 aliphatic carbocycles. The number of nitrogens with zero attached hydrogens (tertiary/aromatic N) is 5. The van der Waals surface area contributed by atoms with Gasteiger partial charge in [0.15, 0.2) is 5.65 Å². The van der Waals surface area contributed by atoms with E-state index in [1.165, 1.54) is 0 Å². The summed E-state index contributed by atoms with van der Waals surface area (Å²) in [5.74, 6) is 1.12. The second-order valence-corrected chi connectivity index (χ2v) is 7.19. The second-order valence-electron chi connectivity index (χ2n) is 6.75. The molecule has 0 amide bonds. The van der Waals surface area contributed by atoms with Crippen LogP contribution < -0.4 is 4.90 Å². The molecule has 5 nitrogen and oxygen atoms in total. The summed E-state index contributed by atoms with van der Waals surface area (Å²) >= 11 is 6.05. The minimum absolute atomic E-state index is 0.736. The summed E-state index contributed by atoms with van der Waals surface area (Å²) in [5.41, 5.74) is 5.08. The molecule has 130 valence electrons. The highest BCUT2D eigenvalue weighted by Crippen LogP contribution is 2.31. The van der Waals surface area contributed by atoms with Crippen LogP contribution in [0.4, 0.5) is 5.82 Å². The smallest absolute Gasteiger partial charge is 0.165 e. The van der Waals surface area contributed by atoms with Gasteiger partial charge >= 0.3 is 0 Å². The third kappa shape index (κ3) is 2.98. The van der Waals surface area contributed by atoms with E-state index >= 15 is 0 Å². The molecule has 1 aromatic carbocycles. The molecule has 0 unspecified atom stereocenters. The van der Waals surface area contributed by atoms with Crippen molar-refractivity contribution in [3.8, 4) is 11.1 Å². The van der Waals surface area contributed by atoms with Gasteiger partial charge in [0.1, 0.15) is 5.82 Å². The molecular weight excluding hydrogens is 334 g/mol. The molecule has 1 aliphatic heterocycles. The lowest BCUT2D eigenvalue weighted by molar-refractivity contribution is 0.311. The van der Waals surface area contributed by atoms with Gasteiger partial charge in [-0.25, -0.2) is 4.98 Å². The fraction of sp³-hybridized carbons (Fsp3) is 0.368. The zero-order valence-electron chi connectivity index (χ0n) is 14.8. The third-order valence-corrected chi connectivity index (χ3v) is 5.09. The first kappa shape index (κ1) is 16.4. The summed E-state index contributed by atoms with van der Waals surface area (Å²) in [5, 5.41) is 5.55. The maximum atomic E-state index is 6.05. The van der Waals surface area contributed by atoms with Crippen LogP contribution in [0.5, 0.6) is 0 Å². The fourth-order valence-corrected chi connectivity index (χ4v) is 3.57. The maximum absolute atomic E-state index is 6.05. The van der Waals surface area contributed by atoms with Gasteiger partial charge in [-0.3, -0.25) is 0 Å². The Morgan fingerprint density at radius 2 is 1.68 bits per heavy atom. The monoisotopic (exact) mass is 355 g/mol. The van der Waals surface area contributed by atoms with Crippen molar-refractivity contribution in [2.24, 2.45) is 0 Å². The van der Waals surface area contributed by atoms with E-state index in [2.05, 4.69) is 22.9 Å². The van der Waals surface area contributed by atoms with E-state index in [9.17, 15) is 0 Å². The van der Waals surface area contributed by atoms with Crippen LogP contribution in [0.2, 0.25) is 5.02 Å². The van der Waals surface area contributed by atoms with E-state index in [1.54, 1.807) is 0 Å². The molecule has 1 saturated heterocycles. The molecular formula is C19H22ClN5. The SMILES string of the molecule is Cc1cc(N2CCN(C)CC2)n2nc(C)c(-c3ccc(Cl)cc3)c2n1. The van der Waals surface area contributed by atoms with Gasteiger partial charge in [0.2, 0.25) is 0 Å². The number of fused-ring (bicyclic) bond motifs is 1. The lowest BCUT2D eigenvalue weighted by Gasteiger charge is -2.34. The Kier molecular flexibility index (Phi) is 4.13. The predicted molar refractivity (Wildman–Crippen MR) is 103 cm³/mol. The van der Waals surface area contributed by atoms with E-state index in [0.29, 0.717) is 0 Å². The molecule has 1 fully saturated rings.